The fraction of sp³-hybridized carbons (Fsp3) is 0.176. The summed E-state index contributed by atoms with van der Waals surface area (Å²) in [6.45, 7) is 1.67. The van der Waals surface area contributed by atoms with E-state index in [9.17, 15) is 14.0 Å². The molecule has 0 heterocycles. The van der Waals surface area contributed by atoms with Gasteiger partial charge in [0.1, 0.15) is 0 Å². The van der Waals surface area contributed by atoms with Crippen LogP contribution in [0.3, 0.4) is 0 Å². The lowest BCUT2D eigenvalue weighted by Crippen LogP contribution is -2.22. The monoisotopic (exact) mass is 301 g/mol. The van der Waals surface area contributed by atoms with Gasteiger partial charge in [0.15, 0.2) is 17.3 Å². The van der Waals surface area contributed by atoms with Gasteiger partial charge in [0.05, 0.1) is 7.11 Å². The van der Waals surface area contributed by atoms with Crippen LogP contribution in [0.1, 0.15) is 33.2 Å². The van der Waals surface area contributed by atoms with E-state index in [1.54, 1.807) is 30.3 Å². The number of hydrogen-bond acceptors (Lipinski definition) is 3. The van der Waals surface area contributed by atoms with E-state index in [-0.39, 0.29) is 24.0 Å². The molecule has 0 atom stereocenters. The molecule has 2 rings (SSSR count). The van der Waals surface area contributed by atoms with E-state index in [1.165, 1.54) is 26.2 Å². The first-order valence-corrected chi connectivity index (χ1v) is 6.73. The Morgan fingerprint density at radius 2 is 1.73 bits per heavy atom. The van der Waals surface area contributed by atoms with Crippen LogP contribution in [-0.4, -0.2) is 18.8 Å². The Labute approximate surface area is 127 Å². The molecular weight excluding hydrogens is 285 g/mol. The van der Waals surface area contributed by atoms with E-state index in [2.05, 4.69) is 5.32 Å². The molecule has 114 valence electrons. The number of rotatable bonds is 5. The minimum Gasteiger partial charge on any atom is -0.494 e. The number of ether oxygens (including phenoxy) is 1. The van der Waals surface area contributed by atoms with Crippen molar-refractivity contribution >= 4 is 11.7 Å². The summed E-state index contributed by atoms with van der Waals surface area (Å²) in [5, 5.41) is 2.70. The average Bonchev–Trinajstić information content (AvgIpc) is 2.52. The Hall–Kier alpha value is -2.69. The summed E-state index contributed by atoms with van der Waals surface area (Å²) in [7, 11) is 1.39. The van der Waals surface area contributed by atoms with Crippen molar-refractivity contribution in [3.63, 3.8) is 0 Å². The summed E-state index contributed by atoms with van der Waals surface area (Å²) >= 11 is 0. The number of hydrogen-bond donors (Lipinski definition) is 1. The second-order valence-electron chi connectivity index (χ2n) is 4.79. The Bertz CT molecular complexity index is 696. The van der Waals surface area contributed by atoms with Gasteiger partial charge in [-0.05, 0) is 36.8 Å². The number of benzene rings is 2. The minimum absolute atomic E-state index is 0.0549. The van der Waals surface area contributed by atoms with Crippen LogP contribution in [0, 0.1) is 5.82 Å². The molecular formula is C17H16FNO3. The molecule has 0 spiro atoms. The molecule has 0 aliphatic rings. The van der Waals surface area contributed by atoms with Gasteiger partial charge in [0, 0.05) is 17.7 Å². The standard InChI is InChI=1S/C17H16FNO3/c1-11(20)13-4-6-14(7-5-13)17(21)19-10-12-3-8-16(22-2)15(18)9-12/h3-9H,10H2,1-2H3,(H,19,21). The van der Waals surface area contributed by atoms with Gasteiger partial charge >= 0.3 is 0 Å². The molecule has 4 nitrogen and oxygen atoms in total. The lowest BCUT2D eigenvalue weighted by molar-refractivity contribution is 0.0948. The van der Waals surface area contributed by atoms with Crippen molar-refractivity contribution in [1.82, 2.24) is 5.32 Å². The highest BCUT2D eigenvalue weighted by atomic mass is 19.1. The maximum Gasteiger partial charge on any atom is 0.251 e. The molecule has 0 fully saturated rings. The number of carbonyl (C=O) groups excluding carboxylic acids is 2. The Balaban J connectivity index is 2.00. The summed E-state index contributed by atoms with van der Waals surface area (Å²) in [5.41, 5.74) is 1.62. The maximum atomic E-state index is 13.5. The van der Waals surface area contributed by atoms with Crippen molar-refractivity contribution in [2.75, 3.05) is 7.11 Å². The van der Waals surface area contributed by atoms with Crippen molar-refractivity contribution in [2.45, 2.75) is 13.5 Å². The van der Waals surface area contributed by atoms with E-state index < -0.39 is 5.82 Å². The zero-order chi connectivity index (χ0) is 16.1. The molecule has 2 aromatic rings. The first kappa shape index (κ1) is 15.7. The highest BCUT2D eigenvalue weighted by molar-refractivity contribution is 5.97. The maximum absolute atomic E-state index is 13.5. The van der Waals surface area contributed by atoms with E-state index in [0.29, 0.717) is 16.7 Å². The lowest BCUT2D eigenvalue weighted by atomic mass is 10.1. The number of ketones is 1. The molecule has 0 aliphatic carbocycles. The van der Waals surface area contributed by atoms with Crippen molar-refractivity contribution in [3.05, 3.63) is 65.0 Å². The largest absolute Gasteiger partial charge is 0.494 e. The van der Waals surface area contributed by atoms with Crippen LogP contribution >= 0.6 is 0 Å². The van der Waals surface area contributed by atoms with E-state index >= 15 is 0 Å². The molecule has 0 saturated carbocycles. The molecule has 5 heteroatoms. The smallest absolute Gasteiger partial charge is 0.251 e. The Morgan fingerprint density at radius 1 is 1.09 bits per heavy atom. The summed E-state index contributed by atoms with van der Waals surface area (Å²) in [5.74, 6) is -0.651. The van der Waals surface area contributed by atoms with Crippen LogP contribution < -0.4 is 10.1 Å². The quantitative estimate of drug-likeness (QED) is 0.864. The van der Waals surface area contributed by atoms with Gasteiger partial charge in [-0.15, -0.1) is 0 Å². The molecule has 0 unspecified atom stereocenters. The molecule has 2 aromatic carbocycles. The molecule has 1 N–H and O–H groups in total. The van der Waals surface area contributed by atoms with Crippen LogP contribution in [0.4, 0.5) is 4.39 Å². The van der Waals surface area contributed by atoms with Gasteiger partial charge in [-0.25, -0.2) is 4.39 Å². The zero-order valence-electron chi connectivity index (χ0n) is 12.4. The second-order valence-corrected chi connectivity index (χ2v) is 4.79. The number of amides is 1. The zero-order valence-corrected chi connectivity index (χ0v) is 12.4. The second kappa shape index (κ2) is 6.85. The number of carbonyl (C=O) groups is 2. The van der Waals surface area contributed by atoms with Crippen molar-refractivity contribution < 1.29 is 18.7 Å². The Morgan fingerprint density at radius 3 is 2.27 bits per heavy atom. The van der Waals surface area contributed by atoms with Crippen LogP contribution in [-0.2, 0) is 6.54 Å². The van der Waals surface area contributed by atoms with Crippen molar-refractivity contribution in [3.8, 4) is 5.75 Å². The first-order chi connectivity index (χ1) is 10.5. The molecule has 1 amide bonds. The predicted octanol–water partition coefficient (Wildman–Crippen LogP) is 2.97. The predicted molar refractivity (Wildman–Crippen MR) is 80.6 cm³/mol. The third-order valence-corrected chi connectivity index (χ3v) is 3.22. The summed E-state index contributed by atoms with van der Waals surface area (Å²) in [4.78, 5) is 23.2. The fourth-order valence-electron chi connectivity index (χ4n) is 1.96. The molecule has 22 heavy (non-hydrogen) atoms. The lowest BCUT2D eigenvalue weighted by Gasteiger charge is -2.07. The van der Waals surface area contributed by atoms with E-state index in [1.807, 2.05) is 0 Å². The number of halogens is 1. The Kier molecular flexibility index (Phi) is 4.88. The van der Waals surface area contributed by atoms with E-state index in [0.717, 1.165) is 0 Å². The van der Waals surface area contributed by atoms with Gasteiger partial charge < -0.3 is 10.1 Å². The third kappa shape index (κ3) is 3.69. The van der Waals surface area contributed by atoms with Crippen LogP contribution in [0.15, 0.2) is 42.5 Å². The van der Waals surface area contributed by atoms with Gasteiger partial charge in [-0.2, -0.15) is 0 Å². The highest BCUT2D eigenvalue weighted by Crippen LogP contribution is 2.17. The summed E-state index contributed by atoms with van der Waals surface area (Å²) in [6.07, 6.45) is 0. The van der Waals surface area contributed by atoms with E-state index in [4.69, 9.17) is 4.74 Å². The van der Waals surface area contributed by atoms with Crippen LogP contribution in [0.25, 0.3) is 0 Å². The van der Waals surface area contributed by atoms with Gasteiger partial charge in [0.2, 0.25) is 0 Å². The average molecular weight is 301 g/mol. The number of nitrogens with one attached hydrogen (secondary N) is 1. The van der Waals surface area contributed by atoms with Crippen LogP contribution in [0.5, 0.6) is 5.75 Å². The molecule has 0 saturated heterocycles. The molecule has 0 bridgehead atoms. The van der Waals surface area contributed by atoms with Crippen molar-refractivity contribution in [2.24, 2.45) is 0 Å². The van der Waals surface area contributed by atoms with Crippen molar-refractivity contribution in [1.29, 1.82) is 0 Å². The van der Waals surface area contributed by atoms with Gasteiger partial charge in [0.25, 0.3) is 5.91 Å². The SMILES string of the molecule is COc1ccc(CNC(=O)c2ccc(C(C)=O)cc2)cc1F. The summed E-state index contributed by atoms with van der Waals surface area (Å²) in [6, 6.07) is 10.9. The normalized spacial score (nSPS) is 10.1. The van der Waals surface area contributed by atoms with Crippen LogP contribution in [0.2, 0.25) is 0 Å². The molecule has 0 radical (unpaired) electrons. The first-order valence-electron chi connectivity index (χ1n) is 6.73. The molecule has 0 aromatic heterocycles. The topological polar surface area (TPSA) is 55.4 Å². The van der Waals surface area contributed by atoms with Gasteiger partial charge in [-0.1, -0.05) is 18.2 Å². The van der Waals surface area contributed by atoms with Gasteiger partial charge in [-0.3, -0.25) is 9.59 Å². The number of methoxy groups -OCH3 is 1. The minimum atomic E-state index is -0.472. The number of Topliss-reactive ketones (excluding diaryl/α,β-unsaturated/α-hetero) is 1. The summed E-state index contributed by atoms with van der Waals surface area (Å²) < 4.78 is 18.4. The highest BCUT2D eigenvalue weighted by Gasteiger charge is 2.08. The molecule has 0 aliphatic heterocycles. The fourth-order valence-corrected chi connectivity index (χ4v) is 1.96. The third-order valence-electron chi connectivity index (χ3n) is 3.22.